The molecular weight excluding hydrogens is 450 g/mol. The van der Waals surface area contributed by atoms with Crippen molar-refractivity contribution in [2.45, 2.75) is 43.9 Å². The van der Waals surface area contributed by atoms with Gasteiger partial charge in [-0.3, -0.25) is 19.4 Å². The summed E-state index contributed by atoms with van der Waals surface area (Å²) in [7, 11) is 2.48. The van der Waals surface area contributed by atoms with Crippen LogP contribution >= 0.6 is 0 Å². The lowest BCUT2D eigenvalue weighted by Gasteiger charge is -2.32. The van der Waals surface area contributed by atoms with E-state index in [1.807, 2.05) is 37.3 Å². The lowest BCUT2D eigenvalue weighted by molar-refractivity contribution is -0.161. The molecule has 0 aromatic heterocycles. The Balaban J connectivity index is 1.82. The topological polar surface area (TPSA) is 105 Å². The SMILES string of the molecule is CCC[C@H]1[C@@H](C(=O)OC)[C@H](C(=O)OC)N2C(=O)[C@H](NC(=O)c3ccccc3)[C@@H](c3ccccc3)N12. The molecule has 0 bridgehead atoms. The highest BCUT2D eigenvalue weighted by molar-refractivity contribution is 6.00. The number of nitrogens with one attached hydrogen (secondary N) is 1. The van der Waals surface area contributed by atoms with Crippen molar-refractivity contribution in [3.8, 4) is 0 Å². The molecule has 9 heteroatoms. The number of ether oxygens (including phenoxy) is 2. The zero-order valence-corrected chi connectivity index (χ0v) is 19.9. The Hall–Kier alpha value is -3.72. The van der Waals surface area contributed by atoms with Gasteiger partial charge in [0.15, 0.2) is 6.04 Å². The second-order valence-corrected chi connectivity index (χ2v) is 8.61. The second kappa shape index (κ2) is 10.3. The highest BCUT2D eigenvalue weighted by atomic mass is 16.5. The van der Waals surface area contributed by atoms with E-state index in [1.165, 1.54) is 19.2 Å². The molecular formula is C26H29N3O6. The van der Waals surface area contributed by atoms with Gasteiger partial charge in [-0.05, 0) is 24.1 Å². The summed E-state index contributed by atoms with van der Waals surface area (Å²) in [5.74, 6) is -3.10. The van der Waals surface area contributed by atoms with Crippen molar-refractivity contribution >= 4 is 23.8 Å². The summed E-state index contributed by atoms with van der Waals surface area (Å²) in [4.78, 5) is 52.8. The van der Waals surface area contributed by atoms with Crippen LogP contribution in [0.4, 0.5) is 0 Å². The summed E-state index contributed by atoms with van der Waals surface area (Å²) in [5, 5.41) is 5.97. The molecule has 0 spiro atoms. The Morgan fingerprint density at radius 3 is 2.09 bits per heavy atom. The van der Waals surface area contributed by atoms with Gasteiger partial charge in [-0.15, -0.1) is 0 Å². The molecule has 184 valence electrons. The molecule has 2 amide bonds. The number of hydrazine groups is 1. The molecule has 2 aromatic carbocycles. The van der Waals surface area contributed by atoms with Gasteiger partial charge in [-0.1, -0.05) is 61.9 Å². The Morgan fingerprint density at radius 1 is 0.914 bits per heavy atom. The molecule has 0 saturated carbocycles. The molecule has 2 fully saturated rings. The summed E-state index contributed by atoms with van der Waals surface area (Å²) in [6, 6.07) is 14.6. The molecule has 2 aliphatic heterocycles. The summed E-state index contributed by atoms with van der Waals surface area (Å²) >= 11 is 0. The molecule has 2 heterocycles. The standard InChI is InChI=1S/C26H29N3O6/c1-4-11-18-19(25(32)34-2)22(26(33)35-3)29-24(31)20(27-23(30)17-14-9-6-10-15-17)21(28(18)29)16-12-7-5-8-13-16/h5-10,12-15,18-22H,4,11H2,1-3H3,(H,27,30)/t18-,19+,20+,21+,22+/m0/s1. The van der Waals surface area contributed by atoms with E-state index in [2.05, 4.69) is 5.32 Å². The van der Waals surface area contributed by atoms with Gasteiger partial charge < -0.3 is 14.8 Å². The number of hydrogen-bond donors (Lipinski definition) is 1. The van der Waals surface area contributed by atoms with E-state index < -0.39 is 53.8 Å². The molecule has 2 aromatic rings. The van der Waals surface area contributed by atoms with E-state index in [9.17, 15) is 19.2 Å². The number of methoxy groups -OCH3 is 2. The Morgan fingerprint density at radius 2 is 1.51 bits per heavy atom. The van der Waals surface area contributed by atoms with Crippen molar-refractivity contribution < 1.29 is 28.7 Å². The molecule has 0 radical (unpaired) electrons. The minimum atomic E-state index is -1.19. The van der Waals surface area contributed by atoms with Crippen molar-refractivity contribution in [1.29, 1.82) is 0 Å². The number of carbonyl (C=O) groups is 4. The molecule has 4 rings (SSSR count). The number of hydrogen-bond acceptors (Lipinski definition) is 7. The molecule has 35 heavy (non-hydrogen) atoms. The van der Waals surface area contributed by atoms with Crippen molar-refractivity contribution in [3.05, 3.63) is 71.8 Å². The maximum Gasteiger partial charge on any atom is 0.331 e. The molecule has 2 saturated heterocycles. The lowest BCUT2D eigenvalue weighted by Crippen LogP contribution is -2.50. The normalized spacial score (nSPS) is 25.7. The number of fused-ring (bicyclic) bond motifs is 1. The van der Waals surface area contributed by atoms with Gasteiger partial charge in [-0.2, -0.15) is 0 Å². The van der Waals surface area contributed by atoms with E-state index >= 15 is 0 Å². The van der Waals surface area contributed by atoms with Gasteiger partial charge in [-0.25, -0.2) is 9.80 Å². The summed E-state index contributed by atoms with van der Waals surface area (Å²) in [6.45, 7) is 1.97. The number of rotatable bonds is 7. The quantitative estimate of drug-likeness (QED) is 0.607. The van der Waals surface area contributed by atoms with E-state index in [1.54, 1.807) is 35.3 Å². The third kappa shape index (κ3) is 4.27. The van der Waals surface area contributed by atoms with E-state index in [-0.39, 0.29) is 0 Å². The highest BCUT2D eigenvalue weighted by Gasteiger charge is 2.64. The fraction of sp³-hybridized carbons (Fsp3) is 0.385. The largest absolute Gasteiger partial charge is 0.469 e. The molecule has 5 atom stereocenters. The number of amides is 2. The maximum atomic E-state index is 13.9. The number of esters is 2. The van der Waals surface area contributed by atoms with Gasteiger partial charge >= 0.3 is 11.9 Å². The van der Waals surface area contributed by atoms with Crippen LogP contribution in [-0.4, -0.2) is 66.1 Å². The second-order valence-electron chi connectivity index (χ2n) is 8.61. The van der Waals surface area contributed by atoms with Crippen LogP contribution in [0.2, 0.25) is 0 Å². The van der Waals surface area contributed by atoms with Gasteiger partial charge in [0.05, 0.1) is 20.3 Å². The van der Waals surface area contributed by atoms with Crippen LogP contribution in [0.3, 0.4) is 0 Å². The van der Waals surface area contributed by atoms with Crippen LogP contribution in [0.1, 0.15) is 41.7 Å². The highest BCUT2D eigenvalue weighted by Crippen LogP contribution is 2.47. The molecule has 0 unspecified atom stereocenters. The molecule has 2 aliphatic rings. The smallest absolute Gasteiger partial charge is 0.331 e. The van der Waals surface area contributed by atoms with Crippen LogP contribution < -0.4 is 5.32 Å². The third-order valence-electron chi connectivity index (χ3n) is 6.66. The predicted octanol–water partition coefficient (Wildman–Crippen LogP) is 2.10. The van der Waals surface area contributed by atoms with Gasteiger partial charge in [0.1, 0.15) is 12.0 Å². The van der Waals surface area contributed by atoms with Crippen LogP contribution in [0.15, 0.2) is 60.7 Å². The first-order chi connectivity index (χ1) is 16.9. The minimum Gasteiger partial charge on any atom is -0.469 e. The zero-order valence-electron chi connectivity index (χ0n) is 19.9. The molecule has 1 N–H and O–H groups in total. The van der Waals surface area contributed by atoms with Crippen LogP contribution in [0.5, 0.6) is 0 Å². The Labute approximate surface area is 203 Å². The first kappa shape index (κ1) is 24.4. The van der Waals surface area contributed by atoms with Crippen molar-refractivity contribution in [2.24, 2.45) is 5.92 Å². The van der Waals surface area contributed by atoms with E-state index in [0.29, 0.717) is 18.4 Å². The van der Waals surface area contributed by atoms with Crippen molar-refractivity contribution in [2.75, 3.05) is 14.2 Å². The summed E-state index contributed by atoms with van der Waals surface area (Å²) in [5.41, 5.74) is 1.19. The monoisotopic (exact) mass is 479 g/mol. The maximum absolute atomic E-state index is 13.9. The molecule has 9 nitrogen and oxygen atoms in total. The summed E-state index contributed by atoms with van der Waals surface area (Å²) in [6.07, 6.45) is 1.23. The number of benzene rings is 2. The van der Waals surface area contributed by atoms with Gasteiger partial charge in [0.2, 0.25) is 0 Å². The summed E-state index contributed by atoms with van der Waals surface area (Å²) < 4.78 is 10.1. The first-order valence-electron chi connectivity index (χ1n) is 11.6. The number of nitrogens with zero attached hydrogens (tertiary/aromatic N) is 2. The van der Waals surface area contributed by atoms with Crippen LogP contribution in [-0.2, 0) is 23.9 Å². The zero-order chi connectivity index (χ0) is 25.1. The Kier molecular flexibility index (Phi) is 7.16. The fourth-order valence-electron chi connectivity index (χ4n) is 5.20. The lowest BCUT2D eigenvalue weighted by atomic mass is 9.87. The molecule has 0 aliphatic carbocycles. The number of carbonyl (C=O) groups excluding carboxylic acids is 4. The van der Waals surface area contributed by atoms with E-state index in [4.69, 9.17) is 9.47 Å². The minimum absolute atomic E-state index is 0.404. The average Bonchev–Trinajstić information content (AvgIpc) is 3.36. The average molecular weight is 480 g/mol. The van der Waals surface area contributed by atoms with Gasteiger partial charge in [0, 0.05) is 11.6 Å². The Bertz CT molecular complexity index is 1090. The predicted molar refractivity (Wildman–Crippen MR) is 126 cm³/mol. The van der Waals surface area contributed by atoms with Crippen LogP contribution in [0, 0.1) is 5.92 Å². The first-order valence-corrected chi connectivity index (χ1v) is 11.6. The third-order valence-corrected chi connectivity index (χ3v) is 6.66. The van der Waals surface area contributed by atoms with Gasteiger partial charge in [0.25, 0.3) is 11.8 Å². The van der Waals surface area contributed by atoms with Crippen molar-refractivity contribution in [3.63, 3.8) is 0 Å². The van der Waals surface area contributed by atoms with E-state index in [0.717, 1.165) is 5.56 Å². The fourth-order valence-corrected chi connectivity index (χ4v) is 5.20. The van der Waals surface area contributed by atoms with Crippen LogP contribution in [0.25, 0.3) is 0 Å². The van der Waals surface area contributed by atoms with Crippen molar-refractivity contribution in [1.82, 2.24) is 15.3 Å².